The molecule has 2 nitrogen and oxygen atoms in total. The van der Waals surface area contributed by atoms with Crippen LogP contribution in [0.25, 0.3) is 0 Å². The van der Waals surface area contributed by atoms with Crippen LogP contribution in [0.3, 0.4) is 0 Å². The fraction of sp³-hybridized carbons (Fsp3) is 1.00. The Morgan fingerprint density at radius 2 is 2.17 bits per heavy atom. The smallest absolute Gasteiger partial charge is 0.338 e. The monoisotopic (exact) mass is 93.0 g/mol. The van der Waals surface area contributed by atoms with E-state index in [-0.39, 0.29) is 0 Å². The first-order valence-electron chi connectivity index (χ1n) is 1.68. The third-order valence-corrected chi connectivity index (χ3v) is 0.436. The second-order valence-electron chi connectivity index (χ2n) is 1.04. The minimum absolute atomic E-state index is 0.396. The lowest BCUT2D eigenvalue weighted by Crippen LogP contribution is -2.15. The topological polar surface area (TPSA) is 40.1 Å². The Morgan fingerprint density at radius 1 is 2.00 bits per heavy atom. The fourth-order valence-electron chi connectivity index (χ4n) is 0. The lowest BCUT2D eigenvalue weighted by Gasteiger charge is -2.00. The van der Waals surface area contributed by atoms with Gasteiger partial charge in [-0.15, -0.1) is 0 Å². The summed E-state index contributed by atoms with van der Waals surface area (Å²) < 4.78 is 11.1. The molecule has 6 heavy (non-hydrogen) atoms. The third-order valence-electron chi connectivity index (χ3n) is 0.436. The minimum atomic E-state index is -3.21. The molecule has 37 valence electrons. The van der Waals surface area contributed by atoms with Gasteiger partial charge in [-0.05, 0) is 0 Å². The molecule has 1 unspecified atom stereocenters. The number of alkyl halides is 1. The molecule has 1 N–H and O–H groups in total. The van der Waals surface area contributed by atoms with Crippen LogP contribution < -0.4 is 0 Å². The van der Waals surface area contributed by atoms with E-state index in [0.29, 0.717) is 0 Å². The predicted molar refractivity (Wildman–Crippen MR) is 17.0 cm³/mol. The Bertz CT molecular complexity index is 38.5. The van der Waals surface area contributed by atoms with Gasteiger partial charge in [0.25, 0.3) is 0 Å². The van der Waals surface area contributed by atoms with E-state index >= 15 is 0 Å². The molecule has 0 aromatic heterocycles. The van der Waals surface area contributed by atoms with Crippen molar-refractivity contribution in [3.05, 3.63) is 0 Å². The van der Waals surface area contributed by atoms with Crippen molar-refractivity contribution < 1.29 is 14.6 Å². The first-order chi connectivity index (χ1) is 2.56. The molecule has 0 saturated heterocycles. The van der Waals surface area contributed by atoms with Crippen LogP contribution in [0.4, 0.5) is 4.39 Å². The molecule has 0 aliphatic heterocycles. The molecule has 0 rings (SSSR count). The predicted octanol–water partition coefficient (Wildman–Crippen LogP) is 0.442. The van der Waals surface area contributed by atoms with Crippen LogP contribution in [0.2, 0.25) is 0 Å². The van der Waals surface area contributed by atoms with E-state index in [0.717, 1.165) is 0 Å². The van der Waals surface area contributed by atoms with Crippen LogP contribution in [0.1, 0.15) is 13.3 Å². The Balaban J connectivity index is 3.17. The molecule has 0 saturated carbocycles. The van der Waals surface area contributed by atoms with Crippen molar-refractivity contribution in [2.24, 2.45) is 0 Å². The van der Waals surface area contributed by atoms with Gasteiger partial charge in [-0.3, -0.25) is 0 Å². The van der Waals surface area contributed by atoms with E-state index in [1.54, 1.807) is 0 Å². The maximum Gasteiger partial charge on any atom is 0.345 e. The maximum absolute atomic E-state index is 11.1. The van der Waals surface area contributed by atoms with Gasteiger partial charge in [-0.1, -0.05) is 6.92 Å². The molecule has 0 amide bonds. The molecule has 0 aliphatic rings. The Morgan fingerprint density at radius 3 is 2.17 bits per heavy atom. The highest BCUT2D eigenvalue weighted by atomic mass is 19.2. The molecule has 0 aliphatic carbocycles. The standard InChI is InChI=1S/C3H6FO2/c1-2-3(4,5)6/h5H,2H2,1H3. The number of halogens is 1. The zero-order chi connectivity index (χ0) is 5.21. The lowest BCUT2D eigenvalue weighted by molar-refractivity contribution is -0.296. The molecule has 0 fully saturated rings. The van der Waals surface area contributed by atoms with Crippen LogP contribution >= 0.6 is 0 Å². The van der Waals surface area contributed by atoms with Gasteiger partial charge >= 0.3 is 6.04 Å². The van der Waals surface area contributed by atoms with E-state index in [1.165, 1.54) is 6.92 Å². The van der Waals surface area contributed by atoms with Gasteiger partial charge in [-0.25, -0.2) is 0 Å². The van der Waals surface area contributed by atoms with E-state index in [9.17, 15) is 9.50 Å². The highest BCUT2D eigenvalue weighted by Crippen LogP contribution is 2.04. The average molecular weight is 93.1 g/mol. The van der Waals surface area contributed by atoms with Crippen molar-refractivity contribution in [3.63, 3.8) is 0 Å². The summed E-state index contributed by atoms with van der Waals surface area (Å²) in [5.74, 6) is 0. The molecular formula is C3H6FO2. The van der Waals surface area contributed by atoms with E-state index in [4.69, 9.17) is 5.11 Å². The summed E-state index contributed by atoms with van der Waals surface area (Å²) in [6, 6.07) is -3.21. The third kappa shape index (κ3) is 3.85. The Labute approximate surface area is 35.2 Å². The van der Waals surface area contributed by atoms with Crippen molar-refractivity contribution in [2.75, 3.05) is 0 Å². The zero-order valence-electron chi connectivity index (χ0n) is 3.44. The van der Waals surface area contributed by atoms with Crippen LogP contribution in [0, 0.1) is 0 Å². The van der Waals surface area contributed by atoms with Gasteiger partial charge in [0.2, 0.25) is 0 Å². The molecule has 0 bridgehead atoms. The quantitative estimate of drug-likeness (QED) is 0.469. The SMILES string of the molecule is CCC([O])(O)F. The molecule has 3 heteroatoms. The van der Waals surface area contributed by atoms with Crippen LogP contribution in [0.5, 0.6) is 0 Å². The maximum atomic E-state index is 11.1. The number of rotatable bonds is 1. The number of hydrogen-bond donors (Lipinski definition) is 1. The molecule has 0 spiro atoms. The van der Waals surface area contributed by atoms with Gasteiger partial charge < -0.3 is 5.11 Å². The fourth-order valence-corrected chi connectivity index (χ4v) is 0. The second-order valence-corrected chi connectivity index (χ2v) is 1.04. The molecule has 0 aromatic rings. The van der Waals surface area contributed by atoms with Crippen molar-refractivity contribution in [3.8, 4) is 0 Å². The first kappa shape index (κ1) is 5.85. The van der Waals surface area contributed by atoms with Crippen LogP contribution in [-0.2, 0) is 5.11 Å². The van der Waals surface area contributed by atoms with Crippen molar-refractivity contribution >= 4 is 0 Å². The molecule has 0 heterocycles. The Kier molecular flexibility index (Phi) is 1.49. The van der Waals surface area contributed by atoms with E-state index in [1.807, 2.05) is 0 Å². The summed E-state index contributed by atoms with van der Waals surface area (Å²) in [6.07, 6.45) is -0.396. The van der Waals surface area contributed by atoms with Gasteiger partial charge in [0, 0.05) is 6.42 Å². The zero-order valence-corrected chi connectivity index (χ0v) is 3.44. The van der Waals surface area contributed by atoms with Gasteiger partial charge in [0.1, 0.15) is 0 Å². The molecular weight excluding hydrogens is 87.0 g/mol. The van der Waals surface area contributed by atoms with Crippen LogP contribution in [-0.4, -0.2) is 11.1 Å². The average Bonchev–Trinajstić information content (AvgIpc) is 1.35. The summed E-state index contributed by atoms with van der Waals surface area (Å²) in [6.45, 7) is 1.27. The highest BCUT2D eigenvalue weighted by molar-refractivity contribution is 4.36. The molecule has 1 atom stereocenters. The normalized spacial score (nSPS) is 12.0. The summed E-state index contributed by atoms with van der Waals surface area (Å²) in [7, 11) is 0. The minimum Gasteiger partial charge on any atom is -0.338 e. The van der Waals surface area contributed by atoms with Crippen molar-refractivity contribution in [1.82, 2.24) is 0 Å². The largest absolute Gasteiger partial charge is 0.345 e. The molecule has 0 aromatic carbocycles. The summed E-state index contributed by atoms with van der Waals surface area (Å²) in [5, 5.41) is 17.0. The van der Waals surface area contributed by atoms with Crippen LogP contribution in [0.15, 0.2) is 0 Å². The molecule has 1 radical (unpaired) electrons. The summed E-state index contributed by atoms with van der Waals surface area (Å²) >= 11 is 0. The highest BCUT2D eigenvalue weighted by Gasteiger charge is 2.18. The lowest BCUT2D eigenvalue weighted by atomic mass is 10.4. The van der Waals surface area contributed by atoms with Gasteiger partial charge in [-0.2, -0.15) is 9.50 Å². The number of hydrogen-bond acceptors (Lipinski definition) is 1. The number of aliphatic hydroxyl groups is 1. The summed E-state index contributed by atoms with van der Waals surface area (Å²) in [4.78, 5) is 0. The van der Waals surface area contributed by atoms with E-state index < -0.39 is 12.5 Å². The first-order valence-corrected chi connectivity index (χ1v) is 1.68. The second kappa shape index (κ2) is 1.53. The van der Waals surface area contributed by atoms with Crippen molar-refractivity contribution in [1.29, 1.82) is 0 Å². The van der Waals surface area contributed by atoms with Gasteiger partial charge in [0.15, 0.2) is 0 Å². The van der Waals surface area contributed by atoms with Crippen molar-refractivity contribution in [2.45, 2.75) is 19.4 Å². The summed E-state index contributed by atoms with van der Waals surface area (Å²) in [5.41, 5.74) is 0. The van der Waals surface area contributed by atoms with Gasteiger partial charge in [0.05, 0.1) is 0 Å². The van der Waals surface area contributed by atoms with E-state index in [2.05, 4.69) is 0 Å². The Hall–Kier alpha value is -0.150.